The summed E-state index contributed by atoms with van der Waals surface area (Å²) < 4.78 is 5.82. The highest BCUT2D eigenvalue weighted by Crippen LogP contribution is 2.19. The second-order valence-electron chi connectivity index (χ2n) is 7.30. The normalized spacial score (nSPS) is 15.4. The number of carbonyl (C=O) groups is 1. The molecule has 0 atom stereocenters. The maximum absolute atomic E-state index is 12.8. The summed E-state index contributed by atoms with van der Waals surface area (Å²) in [6.45, 7) is 2.28. The molecule has 4 heterocycles. The summed E-state index contributed by atoms with van der Waals surface area (Å²) in [5, 5.41) is 4.24. The Morgan fingerprint density at radius 1 is 1.18 bits per heavy atom. The smallest absolute Gasteiger partial charge is 0.332 e. The number of carbonyl (C=O) groups excluding carboxylic acids is 1. The zero-order valence-electron chi connectivity index (χ0n) is 16.0. The van der Waals surface area contributed by atoms with E-state index in [1.54, 1.807) is 13.2 Å². The average Bonchev–Trinajstić information content (AvgIpc) is 3.35. The third-order valence-electron chi connectivity index (χ3n) is 5.49. The second-order valence-corrected chi connectivity index (χ2v) is 7.30. The molecule has 1 fully saturated rings. The molecular formula is C18H23N7O3. The van der Waals surface area contributed by atoms with Gasteiger partial charge in [-0.1, -0.05) is 0 Å². The van der Waals surface area contributed by atoms with Crippen molar-refractivity contribution in [3.8, 4) is 0 Å². The zero-order chi connectivity index (χ0) is 19.8. The number of hydrogen-bond acceptors (Lipinski definition) is 5. The first-order chi connectivity index (χ1) is 13.5. The van der Waals surface area contributed by atoms with E-state index in [1.165, 1.54) is 22.5 Å². The molecule has 148 valence electrons. The summed E-state index contributed by atoms with van der Waals surface area (Å²) >= 11 is 0. The molecule has 1 aliphatic heterocycles. The van der Waals surface area contributed by atoms with E-state index in [1.807, 2.05) is 21.8 Å². The highest BCUT2D eigenvalue weighted by Gasteiger charge is 2.24. The minimum atomic E-state index is -0.443. The molecule has 3 aromatic heterocycles. The third-order valence-corrected chi connectivity index (χ3v) is 5.49. The zero-order valence-corrected chi connectivity index (χ0v) is 16.0. The first-order valence-corrected chi connectivity index (χ1v) is 9.31. The van der Waals surface area contributed by atoms with Crippen LogP contribution in [0.5, 0.6) is 0 Å². The molecule has 4 rings (SSSR count). The fourth-order valence-corrected chi connectivity index (χ4v) is 3.80. The van der Waals surface area contributed by atoms with Gasteiger partial charge in [0, 0.05) is 46.1 Å². The molecule has 1 aliphatic rings. The SMILES string of the molecule is Cn1c(=O)c2c(ncn2CC(=O)N2CCC(Cn3cccn3)CC2)n(C)c1=O. The standard InChI is InChI=1S/C18H23N7O3/c1-21-16-15(17(27)22(2)18(21)28)24(12-19-16)11-14(26)23-8-4-13(5-9-23)10-25-7-3-6-20-25/h3,6-7,12-13H,4-5,8-11H2,1-2H3. The van der Waals surface area contributed by atoms with E-state index in [4.69, 9.17) is 0 Å². The number of nitrogens with zero attached hydrogens (tertiary/aromatic N) is 7. The Kier molecular flexibility index (Phi) is 4.62. The van der Waals surface area contributed by atoms with Crippen molar-refractivity contribution in [1.82, 2.24) is 33.4 Å². The van der Waals surface area contributed by atoms with Crippen LogP contribution in [0.15, 0.2) is 34.4 Å². The van der Waals surface area contributed by atoms with Crippen LogP contribution in [-0.2, 0) is 32.0 Å². The van der Waals surface area contributed by atoms with E-state index in [0.717, 1.165) is 24.0 Å². The molecule has 0 radical (unpaired) electrons. The molecule has 1 saturated heterocycles. The van der Waals surface area contributed by atoms with Crippen molar-refractivity contribution >= 4 is 17.1 Å². The van der Waals surface area contributed by atoms with Gasteiger partial charge in [-0.15, -0.1) is 0 Å². The highest BCUT2D eigenvalue weighted by atomic mass is 16.2. The van der Waals surface area contributed by atoms with Crippen LogP contribution in [0.3, 0.4) is 0 Å². The Hall–Kier alpha value is -3.17. The average molecular weight is 385 g/mol. The fourth-order valence-electron chi connectivity index (χ4n) is 3.80. The molecule has 10 heteroatoms. The highest BCUT2D eigenvalue weighted by molar-refractivity contribution is 5.79. The number of imidazole rings is 1. The van der Waals surface area contributed by atoms with Crippen molar-refractivity contribution in [3.05, 3.63) is 45.6 Å². The number of aryl methyl sites for hydroxylation is 1. The van der Waals surface area contributed by atoms with E-state index < -0.39 is 11.2 Å². The molecule has 10 nitrogen and oxygen atoms in total. The van der Waals surface area contributed by atoms with E-state index in [0.29, 0.717) is 24.7 Å². The van der Waals surface area contributed by atoms with Crippen LogP contribution in [0, 0.1) is 5.92 Å². The van der Waals surface area contributed by atoms with Gasteiger partial charge in [-0.3, -0.25) is 23.4 Å². The first-order valence-electron chi connectivity index (χ1n) is 9.31. The van der Waals surface area contributed by atoms with Crippen molar-refractivity contribution in [3.63, 3.8) is 0 Å². The van der Waals surface area contributed by atoms with Gasteiger partial charge < -0.3 is 9.47 Å². The predicted molar refractivity (Wildman–Crippen MR) is 102 cm³/mol. The summed E-state index contributed by atoms with van der Waals surface area (Å²) in [5.74, 6) is 0.451. The number of amides is 1. The molecule has 3 aromatic rings. The predicted octanol–water partition coefficient (Wildman–Crippen LogP) is -0.431. The number of rotatable bonds is 4. The van der Waals surface area contributed by atoms with Gasteiger partial charge in [-0.25, -0.2) is 9.78 Å². The molecule has 1 amide bonds. The van der Waals surface area contributed by atoms with Crippen LogP contribution in [0.1, 0.15) is 12.8 Å². The van der Waals surface area contributed by atoms with Crippen LogP contribution >= 0.6 is 0 Å². The monoisotopic (exact) mass is 385 g/mol. The van der Waals surface area contributed by atoms with Crippen molar-refractivity contribution in [2.45, 2.75) is 25.9 Å². The maximum atomic E-state index is 12.8. The Bertz CT molecular complexity index is 1110. The van der Waals surface area contributed by atoms with Crippen LogP contribution in [0.4, 0.5) is 0 Å². The van der Waals surface area contributed by atoms with E-state index >= 15 is 0 Å². The number of likely N-dealkylation sites (tertiary alicyclic amines) is 1. The van der Waals surface area contributed by atoms with Gasteiger partial charge in [-0.05, 0) is 24.8 Å². The van der Waals surface area contributed by atoms with E-state index in [9.17, 15) is 14.4 Å². The molecule has 0 bridgehead atoms. The number of fused-ring (bicyclic) bond motifs is 1. The van der Waals surface area contributed by atoms with Gasteiger partial charge in [0.15, 0.2) is 11.2 Å². The summed E-state index contributed by atoms with van der Waals surface area (Å²) in [7, 11) is 2.99. The van der Waals surface area contributed by atoms with Gasteiger partial charge in [0.2, 0.25) is 5.91 Å². The quantitative estimate of drug-likeness (QED) is 0.607. The lowest BCUT2D eigenvalue weighted by Gasteiger charge is -2.32. The van der Waals surface area contributed by atoms with Crippen molar-refractivity contribution < 1.29 is 4.79 Å². The van der Waals surface area contributed by atoms with Crippen molar-refractivity contribution in [1.29, 1.82) is 0 Å². The molecule has 0 spiro atoms. The summed E-state index contributed by atoms with van der Waals surface area (Å²) in [6.07, 6.45) is 7.02. The molecule has 0 aliphatic carbocycles. The van der Waals surface area contributed by atoms with Crippen molar-refractivity contribution in [2.75, 3.05) is 13.1 Å². The lowest BCUT2D eigenvalue weighted by Crippen LogP contribution is -2.41. The molecule has 0 N–H and O–H groups in total. The summed E-state index contributed by atoms with van der Waals surface area (Å²) in [5.41, 5.74) is -0.319. The molecule has 0 unspecified atom stereocenters. The Morgan fingerprint density at radius 2 is 1.93 bits per heavy atom. The first kappa shape index (κ1) is 18.2. The minimum absolute atomic E-state index is 0.0355. The molecular weight excluding hydrogens is 362 g/mol. The minimum Gasteiger partial charge on any atom is -0.341 e. The van der Waals surface area contributed by atoms with Gasteiger partial charge in [-0.2, -0.15) is 5.10 Å². The lowest BCUT2D eigenvalue weighted by molar-refractivity contribution is -0.133. The second kappa shape index (κ2) is 7.10. The Morgan fingerprint density at radius 3 is 2.61 bits per heavy atom. The van der Waals surface area contributed by atoms with Gasteiger partial charge in [0.1, 0.15) is 6.54 Å². The third kappa shape index (κ3) is 3.14. The van der Waals surface area contributed by atoms with E-state index in [-0.39, 0.29) is 18.0 Å². The van der Waals surface area contributed by atoms with Gasteiger partial charge in [0.25, 0.3) is 5.56 Å². The van der Waals surface area contributed by atoms with Crippen LogP contribution in [-0.4, -0.2) is 52.4 Å². The van der Waals surface area contributed by atoms with Crippen LogP contribution in [0.25, 0.3) is 11.2 Å². The topological polar surface area (TPSA) is 99.9 Å². The number of aromatic nitrogens is 6. The lowest BCUT2D eigenvalue weighted by atomic mass is 9.97. The molecule has 0 saturated carbocycles. The molecule has 28 heavy (non-hydrogen) atoms. The Labute approximate surface area is 160 Å². The fraction of sp³-hybridized carbons (Fsp3) is 0.500. The maximum Gasteiger partial charge on any atom is 0.332 e. The summed E-state index contributed by atoms with van der Waals surface area (Å²) in [4.78, 5) is 43.3. The Balaban J connectivity index is 1.46. The van der Waals surface area contributed by atoms with Crippen LogP contribution < -0.4 is 11.2 Å². The van der Waals surface area contributed by atoms with Gasteiger partial charge >= 0.3 is 5.69 Å². The van der Waals surface area contributed by atoms with Crippen LogP contribution in [0.2, 0.25) is 0 Å². The van der Waals surface area contributed by atoms with Crippen molar-refractivity contribution in [2.24, 2.45) is 20.0 Å². The molecule has 0 aromatic carbocycles. The summed E-state index contributed by atoms with van der Waals surface area (Å²) in [6, 6.07) is 1.91. The van der Waals surface area contributed by atoms with Gasteiger partial charge in [0.05, 0.1) is 6.33 Å². The number of hydrogen-bond donors (Lipinski definition) is 0. The van der Waals surface area contributed by atoms with E-state index in [2.05, 4.69) is 10.1 Å². The number of piperidine rings is 1. The largest absolute Gasteiger partial charge is 0.341 e.